The SMILES string of the molecule is CC[C@@H](CO)[NH2+]C1CCC(C(C)(C)C)CC1. The Bertz CT molecular complexity index is 185. The molecule has 0 radical (unpaired) electrons. The molecule has 1 rings (SSSR count). The first-order valence-electron chi connectivity index (χ1n) is 6.93. The maximum absolute atomic E-state index is 9.21. The molecule has 1 fully saturated rings. The molecule has 96 valence electrons. The van der Waals surface area contributed by atoms with Gasteiger partial charge in [-0.05, 0) is 43.4 Å². The Kier molecular flexibility index (Phi) is 5.26. The van der Waals surface area contributed by atoms with E-state index in [-0.39, 0.29) is 0 Å². The Labute approximate surface area is 101 Å². The zero-order valence-corrected chi connectivity index (χ0v) is 11.5. The van der Waals surface area contributed by atoms with Gasteiger partial charge in [-0.25, -0.2) is 0 Å². The number of rotatable bonds is 4. The smallest absolute Gasteiger partial charge is 0.109 e. The summed E-state index contributed by atoms with van der Waals surface area (Å²) in [5.74, 6) is 0.895. The van der Waals surface area contributed by atoms with E-state index in [1.165, 1.54) is 25.7 Å². The predicted molar refractivity (Wildman–Crippen MR) is 68.3 cm³/mol. The van der Waals surface area contributed by atoms with Gasteiger partial charge in [0.15, 0.2) is 0 Å². The maximum Gasteiger partial charge on any atom is 0.109 e. The fraction of sp³-hybridized carbons (Fsp3) is 1.00. The van der Waals surface area contributed by atoms with Crippen molar-refractivity contribution in [3.05, 3.63) is 0 Å². The van der Waals surface area contributed by atoms with Crippen molar-refractivity contribution in [3.8, 4) is 0 Å². The molecule has 0 bridgehead atoms. The second kappa shape index (κ2) is 6.02. The molecule has 1 aliphatic carbocycles. The monoisotopic (exact) mass is 228 g/mol. The van der Waals surface area contributed by atoms with Crippen LogP contribution >= 0.6 is 0 Å². The maximum atomic E-state index is 9.21. The minimum absolute atomic E-state index is 0.329. The first kappa shape index (κ1) is 14.0. The van der Waals surface area contributed by atoms with Gasteiger partial charge in [0.1, 0.15) is 6.04 Å². The van der Waals surface area contributed by atoms with Gasteiger partial charge < -0.3 is 10.4 Å². The lowest BCUT2D eigenvalue weighted by molar-refractivity contribution is -0.725. The van der Waals surface area contributed by atoms with Crippen molar-refractivity contribution in [2.45, 2.75) is 71.9 Å². The summed E-state index contributed by atoms with van der Waals surface area (Å²) in [4.78, 5) is 0. The van der Waals surface area contributed by atoms with Gasteiger partial charge in [-0.15, -0.1) is 0 Å². The fourth-order valence-electron chi connectivity index (χ4n) is 2.89. The summed E-state index contributed by atoms with van der Waals surface area (Å²) >= 11 is 0. The molecule has 0 saturated heterocycles. The van der Waals surface area contributed by atoms with Crippen molar-refractivity contribution in [3.63, 3.8) is 0 Å². The number of quaternary nitrogens is 1. The number of aliphatic hydroxyl groups excluding tert-OH is 1. The van der Waals surface area contributed by atoms with Crippen LogP contribution in [0.3, 0.4) is 0 Å². The summed E-state index contributed by atoms with van der Waals surface area (Å²) in [6, 6.07) is 1.19. The standard InChI is InChI=1S/C14H29NO/c1-5-12(10-16)15-13-8-6-11(7-9-13)14(2,3)4/h11-13,15-16H,5-10H2,1-4H3/p+1/t11?,12-,13?/m0/s1. The quantitative estimate of drug-likeness (QED) is 0.758. The highest BCUT2D eigenvalue weighted by atomic mass is 16.3. The van der Waals surface area contributed by atoms with E-state index in [9.17, 15) is 5.11 Å². The fourth-order valence-corrected chi connectivity index (χ4v) is 2.89. The minimum Gasteiger partial charge on any atom is -0.390 e. The molecule has 1 atom stereocenters. The highest BCUT2D eigenvalue weighted by Gasteiger charge is 2.31. The van der Waals surface area contributed by atoms with E-state index >= 15 is 0 Å². The van der Waals surface area contributed by atoms with Crippen LogP contribution in [0, 0.1) is 11.3 Å². The van der Waals surface area contributed by atoms with Gasteiger partial charge in [0.25, 0.3) is 0 Å². The van der Waals surface area contributed by atoms with Crippen LogP contribution in [0.4, 0.5) is 0 Å². The molecule has 1 aliphatic rings. The second-order valence-electron chi connectivity index (χ2n) is 6.52. The molecule has 3 N–H and O–H groups in total. The molecule has 0 heterocycles. The summed E-state index contributed by atoms with van der Waals surface area (Å²) in [6.07, 6.45) is 6.48. The molecule has 0 unspecified atom stereocenters. The second-order valence-corrected chi connectivity index (χ2v) is 6.52. The van der Waals surface area contributed by atoms with Gasteiger partial charge >= 0.3 is 0 Å². The Morgan fingerprint density at radius 2 is 1.75 bits per heavy atom. The van der Waals surface area contributed by atoms with Crippen LogP contribution in [0.2, 0.25) is 0 Å². The Hall–Kier alpha value is -0.0800. The lowest BCUT2D eigenvalue weighted by Crippen LogP contribution is -2.96. The third-order valence-corrected chi connectivity index (χ3v) is 4.30. The van der Waals surface area contributed by atoms with E-state index in [2.05, 4.69) is 33.0 Å². The minimum atomic E-state index is 0.329. The molecular weight excluding hydrogens is 198 g/mol. The van der Waals surface area contributed by atoms with Gasteiger partial charge in [0, 0.05) is 0 Å². The summed E-state index contributed by atoms with van der Waals surface area (Å²) in [7, 11) is 0. The van der Waals surface area contributed by atoms with E-state index < -0.39 is 0 Å². The van der Waals surface area contributed by atoms with E-state index in [0.29, 0.717) is 18.1 Å². The lowest BCUT2D eigenvalue weighted by Gasteiger charge is -2.36. The number of hydrogen-bond acceptors (Lipinski definition) is 1. The summed E-state index contributed by atoms with van der Waals surface area (Å²) in [5, 5.41) is 11.6. The third-order valence-electron chi connectivity index (χ3n) is 4.30. The van der Waals surface area contributed by atoms with Gasteiger partial charge in [-0.2, -0.15) is 0 Å². The molecule has 0 aliphatic heterocycles. The van der Waals surface area contributed by atoms with Gasteiger partial charge in [-0.3, -0.25) is 0 Å². The summed E-state index contributed by atoms with van der Waals surface area (Å²) < 4.78 is 0. The average molecular weight is 228 g/mol. The van der Waals surface area contributed by atoms with Crippen molar-refractivity contribution in [1.82, 2.24) is 0 Å². The normalized spacial score (nSPS) is 29.1. The van der Waals surface area contributed by atoms with E-state index in [4.69, 9.17) is 0 Å². The van der Waals surface area contributed by atoms with Crippen LogP contribution in [0.25, 0.3) is 0 Å². The van der Waals surface area contributed by atoms with Crippen LogP contribution in [-0.2, 0) is 0 Å². The van der Waals surface area contributed by atoms with Gasteiger partial charge in [-0.1, -0.05) is 27.7 Å². The Morgan fingerprint density at radius 1 is 1.19 bits per heavy atom. The van der Waals surface area contributed by atoms with Crippen LogP contribution in [0.5, 0.6) is 0 Å². The molecule has 2 nitrogen and oxygen atoms in total. The van der Waals surface area contributed by atoms with Crippen molar-refractivity contribution >= 4 is 0 Å². The third kappa shape index (κ3) is 4.06. The zero-order valence-electron chi connectivity index (χ0n) is 11.5. The van der Waals surface area contributed by atoms with Crippen LogP contribution in [0.1, 0.15) is 59.8 Å². The molecule has 0 aromatic rings. The van der Waals surface area contributed by atoms with Crippen molar-refractivity contribution in [1.29, 1.82) is 0 Å². The summed E-state index contributed by atoms with van der Waals surface area (Å²) in [6.45, 7) is 9.59. The molecule has 0 amide bonds. The molecular formula is C14H30NO+. The molecule has 0 aromatic heterocycles. The van der Waals surface area contributed by atoms with Gasteiger partial charge in [0.05, 0.1) is 12.6 Å². The molecule has 0 spiro atoms. The predicted octanol–water partition coefficient (Wildman–Crippen LogP) is 1.93. The summed E-state index contributed by atoms with van der Waals surface area (Å²) in [5.41, 5.74) is 0.478. The zero-order chi connectivity index (χ0) is 12.2. The van der Waals surface area contributed by atoms with Crippen LogP contribution in [-0.4, -0.2) is 23.8 Å². The Balaban J connectivity index is 2.32. The van der Waals surface area contributed by atoms with Crippen molar-refractivity contribution < 1.29 is 10.4 Å². The van der Waals surface area contributed by atoms with Crippen LogP contribution in [0.15, 0.2) is 0 Å². The first-order valence-corrected chi connectivity index (χ1v) is 6.93. The first-order chi connectivity index (χ1) is 7.47. The average Bonchev–Trinajstić information content (AvgIpc) is 2.25. The highest BCUT2D eigenvalue weighted by molar-refractivity contribution is 4.80. The number of aliphatic hydroxyl groups is 1. The number of nitrogens with two attached hydrogens (primary N) is 1. The largest absolute Gasteiger partial charge is 0.390 e. The lowest BCUT2D eigenvalue weighted by atomic mass is 9.71. The van der Waals surface area contributed by atoms with Crippen molar-refractivity contribution in [2.75, 3.05) is 6.61 Å². The van der Waals surface area contributed by atoms with Crippen LogP contribution < -0.4 is 5.32 Å². The van der Waals surface area contributed by atoms with Gasteiger partial charge in [0.2, 0.25) is 0 Å². The topological polar surface area (TPSA) is 36.8 Å². The van der Waals surface area contributed by atoms with Crippen molar-refractivity contribution in [2.24, 2.45) is 11.3 Å². The van der Waals surface area contributed by atoms with E-state index in [1.807, 2.05) is 0 Å². The molecule has 16 heavy (non-hydrogen) atoms. The van der Waals surface area contributed by atoms with E-state index in [1.54, 1.807) is 0 Å². The molecule has 0 aromatic carbocycles. The number of hydrogen-bond donors (Lipinski definition) is 2. The molecule has 2 heteroatoms. The highest BCUT2D eigenvalue weighted by Crippen LogP contribution is 2.37. The molecule has 1 saturated carbocycles. The van der Waals surface area contributed by atoms with E-state index in [0.717, 1.165) is 18.4 Å². The Morgan fingerprint density at radius 3 is 2.12 bits per heavy atom.